The molecule has 2 heterocycles. The lowest BCUT2D eigenvalue weighted by Gasteiger charge is -2.33. The van der Waals surface area contributed by atoms with Crippen molar-refractivity contribution in [1.29, 1.82) is 0 Å². The Morgan fingerprint density at radius 2 is 0.778 bits per heavy atom. The number of quaternary nitrogens is 2. The normalized spacial score (nSPS) is 11.7. The van der Waals surface area contributed by atoms with Gasteiger partial charge >= 0.3 is 0 Å². The van der Waals surface area contributed by atoms with E-state index in [4.69, 9.17) is 0 Å². The van der Waals surface area contributed by atoms with E-state index in [1.54, 1.807) is 0 Å². The molecule has 63 heavy (non-hydrogen) atoms. The summed E-state index contributed by atoms with van der Waals surface area (Å²) < 4.78 is 10.0. The second kappa shape index (κ2) is 28.0. The third-order valence-electron chi connectivity index (χ3n) is 11.7. The number of aryl methyl sites for hydroxylation is 2. The summed E-state index contributed by atoms with van der Waals surface area (Å²) in [5, 5.41) is 2.66. The van der Waals surface area contributed by atoms with E-state index in [1.807, 2.05) is 22.7 Å². The van der Waals surface area contributed by atoms with E-state index in [2.05, 4.69) is 197 Å². The first-order valence-electron chi connectivity index (χ1n) is 21.8. The second-order valence-corrected chi connectivity index (χ2v) is 20.1. The zero-order valence-electron chi connectivity index (χ0n) is 38.8. The van der Waals surface area contributed by atoms with Crippen molar-refractivity contribution in [2.45, 2.75) is 58.0 Å². The van der Waals surface area contributed by atoms with E-state index < -0.39 is 0 Å². The van der Waals surface area contributed by atoms with Gasteiger partial charge in [0.15, 0.2) is 13.1 Å². The largest absolute Gasteiger partial charge is 1.00 e. The molecule has 0 spiro atoms. The van der Waals surface area contributed by atoms with E-state index in [0.717, 1.165) is 22.1 Å². The highest BCUT2D eigenvalue weighted by atomic mass is 127. The molecule has 0 aliphatic carbocycles. The lowest BCUT2D eigenvalue weighted by Crippen LogP contribution is -3.00. The van der Waals surface area contributed by atoms with E-state index >= 15 is 0 Å². The SMILES string of the molecule is CN(C)c1ccc(/C=C/c2sc3ccccc3[n+]2CCCCC[N+](C)(C)CCC[N+](C)(C)CCCCC[n+]2c(/C=C/c3ccc(N(C)C)cc3)sc3ccccc32)cc1.[I-].[I-].[I-].[I-]. The molecule has 6 nitrogen and oxygen atoms in total. The molecule has 0 bridgehead atoms. The summed E-state index contributed by atoms with van der Waals surface area (Å²) in [5.41, 5.74) is 7.64. The summed E-state index contributed by atoms with van der Waals surface area (Å²) in [6.45, 7) is 7.10. The molecule has 0 saturated heterocycles. The number of anilines is 2. The molecule has 6 rings (SSSR count). The fourth-order valence-corrected chi connectivity index (χ4v) is 10.2. The van der Waals surface area contributed by atoms with E-state index in [1.165, 1.54) is 124 Å². The van der Waals surface area contributed by atoms with Crippen molar-refractivity contribution in [2.75, 3.05) is 92.4 Å². The number of fused-ring (bicyclic) bond motifs is 2. The molecule has 0 N–H and O–H groups in total. The van der Waals surface area contributed by atoms with Crippen LogP contribution in [0.4, 0.5) is 11.4 Å². The van der Waals surface area contributed by atoms with Crippen LogP contribution in [0.25, 0.3) is 44.7 Å². The lowest BCUT2D eigenvalue weighted by molar-refractivity contribution is -0.909. The molecule has 12 heteroatoms. The van der Waals surface area contributed by atoms with Gasteiger partial charge in [-0.3, -0.25) is 0 Å². The van der Waals surface area contributed by atoms with Crippen molar-refractivity contribution >= 4 is 78.8 Å². The summed E-state index contributed by atoms with van der Waals surface area (Å²) in [6.07, 6.45) is 17.9. The van der Waals surface area contributed by atoms with Crippen molar-refractivity contribution in [3.63, 3.8) is 0 Å². The molecule has 0 aliphatic rings. The van der Waals surface area contributed by atoms with Gasteiger partial charge in [0.1, 0.15) is 9.40 Å². The first-order valence-corrected chi connectivity index (χ1v) is 23.4. The van der Waals surface area contributed by atoms with Crippen molar-refractivity contribution in [3.05, 3.63) is 118 Å². The molecule has 0 atom stereocenters. The van der Waals surface area contributed by atoms with Gasteiger partial charge in [-0.15, -0.1) is 0 Å². The monoisotopic (exact) mass is 1340 g/mol. The highest BCUT2D eigenvalue weighted by Gasteiger charge is 2.22. The van der Waals surface area contributed by atoms with Crippen LogP contribution < -0.4 is 115 Å². The quantitative estimate of drug-likeness (QED) is 0.0367. The zero-order valence-corrected chi connectivity index (χ0v) is 49.0. The number of hydrogen-bond acceptors (Lipinski definition) is 4. The Balaban J connectivity index is 0.00000341. The van der Waals surface area contributed by atoms with Crippen molar-refractivity contribution in [1.82, 2.24) is 0 Å². The molecule has 0 aliphatic heterocycles. The van der Waals surface area contributed by atoms with Gasteiger partial charge in [0.2, 0.25) is 11.0 Å². The van der Waals surface area contributed by atoms with E-state index in [-0.39, 0.29) is 95.9 Å². The van der Waals surface area contributed by atoms with Gasteiger partial charge in [0.05, 0.1) is 54.4 Å². The molecule has 4 aromatic carbocycles. The number of benzene rings is 4. The topological polar surface area (TPSA) is 14.2 Å². The number of aromatic nitrogens is 2. The highest BCUT2D eigenvalue weighted by molar-refractivity contribution is 7.19. The number of thiazole rings is 2. The third kappa shape index (κ3) is 17.6. The minimum atomic E-state index is 0. The molecular weight excluding hydrogens is 1270 g/mol. The van der Waals surface area contributed by atoms with Gasteiger partial charge < -0.3 is 115 Å². The first kappa shape index (κ1) is 57.7. The molecule has 0 amide bonds. The Labute approximate surface area is 456 Å². The van der Waals surface area contributed by atoms with Gasteiger partial charge in [-0.2, -0.15) is 9.13 Å². The molecule has 0 radical (unpaired) electrons. The van der Waals surface area contributed by atoms with Crippen LogP contribution in [0.3, 0.4) is 0 Å². The number of unbranched alkanes of at least 4 members (excludes halogenated alkanes) is 4. The molecule has 0 unspecified atom stereocenters. The van der Waals surface area contributed by atoms with Crippen LogP contribution >= 0.6 is 22.7 Å². The van der Waals surface area contributed by atoms with Crippen molar-refractivity contribution in [2.24, 2.45) is 0 Å². The first-order chi connectivity index (χ1) is 28.4. The molecule has 2 aromatic heterocycles. The van der Waals surface area contributed by atoms with Crippen LogP contribution in [0.1, 0.15) is 66.1 Å². The summed E-state index contributed by atoms with van der Waals surface area (Å²) in [6, 6.07) is 35.3. The maximum atomic E-state index is 2.54. The Morgan fingerprint density at radius 3 is 1.14 bits per heavy atom. The Hall–Kier alpha value is -1.42. The van der Waals surface area contributed by atoms with Gasteiger partial charge in [-0.1, -0.05) is 71.2 Å². The zero-order chi connectivity index (χ0) is 41.8. The average molecular weight is 1340 g/mol. The Kier molecular flexibility index (Phi) is 25.7. The predicted octanol–water partition coefficient (Wildman–Crippen LogP) is -1.24. The fraction of sp³-hybridized carbons (Fsp3) is 0.412. The summed E-state index contributed by atoms with van der Waals surface area (Å²) in [7, 11) is 18.1. The van der Waals surface area contributed by atoms with Gasteiger partial charge in [-0.25, -0.2) is 0 Å². The second-order valence-electron chi connectivity index (χ2n) is 18.0. The summed E-state index contributed by atoms with van der Waals surface area (Å²) in [4.78, 5) is 4.29. The fourth-order valence-electron chi connectivity index (χ4n) is 8.04. The summed E-state index contributed by atoms with van der Waals surface area (Å²) in [5.74, 6) is 0. The Bertz CT molecular complexity index is 2140. The lowest BCUT2D eigenvalue weighted by atomic mass is 10.2. The smallest absolute Gasteiger partial charge is 0.262 e. The molecule has 344 valence electrons. The van der Waals surface area contributed by atoms with E-state index in [0.29, 0.717) is 0 Å². The number of halogens is 4. The van der Waals surface area contributed by atoms with Gasteiger partial charge in [-0.05, 0) is 85.4 Å². The number of para-hydroxylation sites is 2. The molecule has 6 aromatic rings. The highest BCUT2D eigenvalue weighted by Crippen LogP contribution is 2.25. The van der Waals surface area contributed by atoms with Crippen LogP contribution in [0.15, 0.2) is 97.1 Å². The molecule has 0 saturated carbocycles. The Morgan fingerprint density at radius 1 is 0.429 bits per heavy atom. The number of rotatable bonds is 22. The van der Waals surface area contributed by atoms with Crippen LogP contribution in [0, 0.1) is 0 Å². The third-order valence-corrected chi connectivity index (χ3v) is 14.0. The minimum absolute atomic E-state index is 0. The van der Waals surface area contributed by atoms with E-state index in [9.17, 15) is 0 Å². The minimum Gasteiger partial charge on any atom is -1.00 e. The standard InChI is InChI=1S/C51H70N6S2.4HI/c1-52(2)44-30-24-42(25-31-44)28-34-50-54(46-20-11-13-22-48(46)58-50)36-15-9-17-38-56(5,6)40-19-41-57(7,8)39-18-10-16-37-55-47-21-12-14-23-49(47)59-51(55)35-29-43-26-32-45(33-27-43)53(3)4;;;;/h11-14,20-35H,9-10,15-19,36-41H2,1-8H3;4*1H/q+4;;;;/p-4. The molecule has 0 fully saturated rings. The van der Waals surface area contributed by atoms with Crippen LogP contribution in [0.5, 0.6) is 0 Å². The number of hydrogen-bond donors (Lipinski definition) is 0. The maximum Gasteiger partial charge on any atom is 0.262 e. The maximum absolute atomic E-state index is 2.54. The van der Waals surface area contributed by atoms with Crippen LogP contribution in [0.2, 0.25) is 0 Å². The van der Waals surface area contributed by atoms with Crippen LogP contribution in [-0.2, 0) is 13.1 Å². The van der Waals surface area contributed by atoms with Gasteiger partial charge in [0.25, 0.3) is 10.0 Å². The predicted molar refractivity (Wildman–Crippen MR) is 259 cm³/mol. The number of nitrogens with zero attached hydrogens (tertiary/aromatic N) is 6. The van der Waals surface area contributed by atoms with Gasteiger partial charge in [0, 0.05) is 83.1 Å². The molecular formula is C51H70I4N6S2. The average Bonchev–Trinajstić information content (AvgIpc) is 3.76. The summed E-state index contributed by atoms with van der Waals surface area (Å²) >= 11 is 3.80. The van der Waals surface area contributed by atoms with Crippen molar-refractivity contribution < 1.29 is 114 Å². The van der Waals surface area contributed by atoms with Crippen LogP contribution in [-0.4, -0.2) is 91.5 Å². The van der Waals surface area contributed by atoms with Crippen molar-refractivity contribution in [3.8, 4) is 0 Å².